The van der Waals surface area contributed by atoms with E-state index in [9.17, 15) is 9.59 Å². The van der Waals surface area contributed by atoms with Crippen molar-refractivity contribution in [2.75, 3.05) is 13.7 Å². The molecule has 0 aromatic heterocycles. The predicted molar refractivity (Wildman–Crippen MR) is 116 cm³/mol. The van der Waals surface area contributed by atoms with Crippen LogP contribution in [-0.4, -0.2) is 36.4 Å². The maximum absolute atomic E-state index is 13.0. The highest BCUT2D eigenvalue weighted by Gasteiger charge is 2.28. The van der Waals surface area contributed by atoms with E-state index in [1.807, 2.05) is 62.4 Å². The zero-order valence-electron chi connectivity index (χ0n) is 18.1. The largest absolute Gasteiger partial charge is 0.484 e. The minimum absolute atomic E-state index is 0.111. The number of amides is 2. The van der Waals surface area contributed by atoms with Crippen molar-refractivity contribution in [1.29, 1.82) is 0 Å². The molecule has 156 valence electrons. The first-order chi connectivity index (χ1) is 13.9. The Labute approximate surface area is 174 Å². The van der Waals surface area contributed by atoms with Gasteiger partial charge in [-0.05, 0) is 48.1 Å². The molecular weight excluding hydrogens is 364 g/mol. The van der Waals surface area contributed by atoms with Gasteiger partial charge in [0.2, 0.25) is 5.91 Å². The number of likely N-dealkylation sites (N-methyl/N-ethyl adjacent to an activating group) is 1. The molecule has 0 spiro atoms. The summed E-state index contributed by atoms with van der Waals surface area (Å²) in [6.07, 6.45) is 0.528. The van der Waals surface area contributed by atoms with E-state index in [1.54, 1.807) is 11.9 Å². The van der Waals surface area contributed by atoms with Crippen LogP contribution in [-0.2, 0) is 16.1 Å². The SMILES string of the molecule is CC[C@H](C(=O)NC)N(Cc1ccccc1C)C(=O)COc1ccc(C(C)C)cc1. The van der Waals surface area contributed by atoms with Gasteiger partial charge >= 0.3 is 0 Å². The van der Waals surface area contributed by atoms with Crippen molar-refractivity contribution in [2.45, 2.75) is 52.6 Å². The zero-order valence-corrected chi connectivity index (χ0v) is 18.1. The van der Waals surface area contributed by atoms with Crippen molar-refractivity contribution in [3.05, 3.63) is 65.2 Å². The van der Waals surface area contributed by atoms with Crippen LogP contribution in [0.2, 0.25) is 0 Å². The number of rotatable bonds is 9. The Kier molecular flexibility index (Phi) is 8.25. The van der Waals surface area contributed by atoms with Crippen LogP contribution in [0.1, 0.15) is 49.8 Å². The van der Waals surface area contributed by atoms with Crippen LogP contribution in [0.15, 0.2) is 48.5 Å². The molecule has 0 heterocycles. The van der Waals surface area contributed by atoms with Crippen molar-refractivity contribution >= 4 is 11.8 Å². The molecular formula is C24H32N2O3. The van der Waals surface area contributed by atoms with Gasteiger partial charge in [0.25, 0.3) is 5.91 Å². The van der Waals surface area contributed by atoms with E-state index in [1.165, 1.54) is 5.56 Å². The van der Waals surface area contributed by atoms with E-state index in [-0.39, 0.29) is 18.4 Å². The number of carbonyl (C=O) groups is 2. The number of ether oxygens (including phenoxy) is 1. The lowest BCUT2D eigenvalue weighted by Gasteiger charge is -2.30. The number of hydrogen-bond acceptors (Lipinski definition) is 3. The fourth-order valence-electron chi connectivity index (χ4n) is 3.23. The number of benzene rings is 2. The topological polar surface area (TPSA) is 58.6 Å². The average molecular weight is 397 g/mol. The summed E-state index contributed by atoms with van der Waals surface area (Å²) in [5, 5.41) is 2.67. The first-order valence-electron chi connectivity index (χ1n) is 10.2. The van der Waals surface area contributed by atoms with Gasteiger partial charge in [-0.25, -0.2) is 0 Å². The number of nitrogens with zero attached hydrogens (tertiary/aromatic N) is 1. The van der Waals surface area contributed by atoms with Gasteiger partial charge in [0.15, 0.2) is 6.61 Å². The fourth-order valence-corrected chi connectivity index (χ4v) is 3.23. The second kappa shape index (κ2) is 10.6. The molecule has 1 atom stereocenters. The first kappa shape index (κ1) is 22.5. The monoisotopic (exact) mass is 396 g/mol. The molecule has 5 nitrogen and oxygen atoms in total. The number of hydrogen-bond donors (Lipinski definition) is 1. The Morgan fingerprint density at radius 1 is 1.07 bits per heavy atom. The summed E-state index contributed by atoms with van der Waals surface area (Å²) < 4.78 is 5.74. The van der Waals surface area contributed by atoms with Gasteiger partial charge in [-0.1, -0.05) is 57.2 Å². The van der Waals surface area contributed by atoms with Crippen molar-refractivity contribution < 1.29 is 14.3 Å². The maximum atomic E-state index is 13.0. The number of nitrogens with one attached hydrogen (secondary N) is 1. The Bertz CT molecular complexity index is 815. The molecule has 1 N–H and O–H groups in total. The Morgan fingerprint density at radius 3 is 2.28 bits per heavy atom. The standard InChI is InChI=1S/C24H32N2O3/c1-6-22(24(28)25-5)26(15-20-10-8-7-9-18(20)4)23(27)16-29-21-13-11-19(12-14-21)17(2)3/h7-14,17,22H,6,15-16H2,1-5H3,(H,25,28)/t22-/m1/s1. The van der Waals surface area contributed by atoms with Crippen LogP contribution >= 0.6 is 0 Å². The highest BCUT2D eigenvalue weighted by atomic mass is 16.5. The summed E-state index contributed by atoms with van der Waals surface area (Å²) in [5.74, 6) is 0.701. The Hall–Kier alpha value is -2.82. The van der Waals surface area contributed by atoms with Gasteiger partial charge in [-0.15, -0.1) is 0 Å². The molecule has 0 aliphatic heterocycles. The van der Waals surface area contributed by atoms with Gasteiger partial charge in [-0.3, -0.25) is 9.59 Å². The van der Waals surface area contributed by atoms with Gasteiger partial charge < -0.3 is 15.0 Å². The third-order valence-corrected chi connectivity index (χ3v) is 5.14. The summed E-state index contributed by atoms with van der Waals surface area (Å²) in [7, 11) is 1.59. The average Bonchev–Trinajstić information content (AvgIpc) is 2.73. The highest BCUT2D eigenvalue weighted by Crippen LogP contribution is 2.19. The van der Waals surface area contributed by atoms with Gasteiger partial charge in [0, 0.05) is 13.6 Å². The van der Waals surface area contributed by atoms with E-state index >= 15 is 0 Å². The molecule has 0 saturated heterocycles. The minimum atomic E-state index is -0.543. The molecule has 0 fully saturated rings. The maximum Gasteiger partial charge on any atom is 0.261 e. The van der Waals surface area contributed by atoms with Gasteiger partial charge in [-0.2, -0.15) is 0 Å². The number of aryl methyl sites for hydroxylation is 1. The van der Waals surface area contributed by atoms with E-state index in [0.29, 0.717) is 24.6 Å². The Morgan fingerprint density at radius 2 is 1.72 bits per heavy atom. The molecule has 2 amide bonds. The van der Waals surface area contributed by atoms with Crippen LogP contribution in [0.4, 0.5) is 0 Å². The summed E-state index contributed by atoms with van der Waals surface area (Å²) in [6.45, 7) is 8.43. The molecule has 2 aromatic rings. The normalized spacial score (nSPS) is 11.8. The van der Waals surface area contributed by atoms with Crippen LogP contribution in [0.5, 0.6) is 5.75 Å². The Balaban J connectivity index is 2.16. The molecule has 2 aromatic carbocycles. The van der Waals surface area contributed by atoms with Crippen molar-refractivity contribution in [2.24, 2.45) is 0 Å². The van der Waals surface area contributed by atoms with Crippen LogP contribution in [0.25, 0.3) is 0 Å². The smallest absolute Gasteiger partial charge is 0.261 e. The van der Waals surface area contributed by atoms with Crippen molar-refractivity contribution in [3.63, 3.8) is 0 Å². The molecule has 29 heavy (non-hydrogen) atoms. The van der Waals surface area contributed by atoms with E-state index in [2.05, 4.69) is 19.2 Å². The first-order valence-corrected chi connectivity index (χ1v) is 10.2. The predicted octanol–water partition coefficient (Wildman–Crippen LogP) is 4.05. The molecule has 5 heteroatoms. The third-order valence-electron chi connectivity index (χ3n) is 5.14. The zero-order chi connectivity index (χ0) is 21.4. The minimum Gasteiger partial charge on any atom is -0.484 e. The van der Waals surface area contributed by atoms with Gasteiger partial charge in [0.05, 0.1) is 0 Å². The van der Waals surface area contributed by atoms with Gasteiger partial charge in [0.1, 0.15) is 11.8 Å². The highest BCUT2D eigenvalue weighted by molar-refractivity contribution is 5.88. The van der Waals surface area contributed by atoms with Crippen LogP contribution in [0, 0.1) is 6.92 Å². The summed E-state index contributed by atoms with van der Waals surface area (Å²) in [6, 6.07) is 15.1. The molecule has 2 rings (SSSR count). The third kappa shape index (κ3) is 6.08. The molecule has 0 bridgehead atoms. The van der Waals surface area contributed by atoms with E-state index in [4.69, 9.17) is 4.74 Å². The molecule has 0 unspecified atom stereocenters. The second-order valence-corrected chi connectivity index (χ2v) is 7.50. The van der Waals surface area contributed by atoms with Crippen molar-refractivity contribution in [1.82, 2.24) is 10.2 Å². The van der Waals surface area contributed by atoms with Crippen molar-refractivity contribution in [3.8, 4) is 5.75 Å². The number of carbonyl (C=O) groups excluding carboxylic acids is 2. The second-order valence-electron chi connectivity index (χ2n) is 7.50. The summed E-state index contributed by atoms with van der Waals surface area (Å²) in [4.78, 5) is 27.1. The lowest BCUT2D eigenvalue weighted by Crippen LogP contribution is -2.49. The summed E-state index contributed by atoms with van der Waals surface area (Å²) in [5.41, 5.74) is 3.32. The van der Waals surface area contributed by atoms with Crippen LogP contribution in [0.3, 0.4) is 0 Å². The van der Waals surface area contributed by atoms with E-state index in [0.717, 1.165) is 11.1 Å². The lowest BCUT2D eigenvalue weighted by molar-refractivity contribution is -0.142. The summed E-state index contributed by atoms with van der Waals surface area (Å²) >= 11 is 0. The molecule has 0 aliphatic carbocycles. The molecule has 0 radical (unpaired) electrons. The quantitative estimate of drug-likeness (QED) is 0.696. The van der Waals surface area contributed by atoms with E-state index < -0.39 is 6.04 Å². The lowest BCUT2D eigenvalue weighted by atomic mass is 10.0. The molecule has 0 aliphatic rings. The fraction of sp³-hybridized carbons (Fsp3) is 0.417. The van der Waals surface area contributed by atoms with Crippen LogP contribution < -0.4 is 10.1 Å². The molecule has 0 saturated carbocycles.